The van der Waals surface area contributed by atoms with Crippen molar-refractivity contribution in [3.63, 3.8) is 0 Å². The van der Waals surface area contributed by atoms with Gasteiger partial charge in [0.1, 0.15) is 6.07 Å². The molecule has 0 amide bonds. The second-order valence-corrected chi connectivity index (χ2v) is 4.71. The molecule has 0 fully saturated rings. The van der Waals surface area contributed by atoms with Gasteiger partial charge >= 0.3 is 0 Å². The zero-order chi connectivity index (χ0) is 12.1. The molecule has 16 heavy (non-hydrogen) atoms. The predicted molar refractivity (Wildman–Crippen MR) is 68.4 cm³/mol. The molecule has 1 rings (SSSR count). The summed E-state index contributed by atoms with van der Waals surface area (Å²) in [6, 6.07) is 8.04. The minimum atomic E-state index is 0.603. The molecule has 0 aliphatic carbocycles. The smallest absolute Gasteiger partial charge is 0.101 e. The molecule has 1 aromatic rings. The van der Waals surface area contributed by atoms with E-state index in [1.165, 1.54) is 0 Å². The van der Waals surface area contributed by atoms with Gasteiger partial charge in [-0.15, -0.1) is 0 Å². The molecule has 1 unspecified atom stereocenters. The molecule has 0 bridgehead atoms. The number of nitriles is 1. The van der Waals surface area contributed by atoms with Crippen LogP contribution in [-0.4, -0.2) is 6.54 Å². The minimum absolute atomic E-state index is 0.603. The molecule has 0 aliphatic rings. The summed E-state index contributed by atoms with van der Waals surface area (Å²) in [6.07, 6.45) is 0. The van der Waals surface area contributed by atoms with E-state index in [0.717, 1.165) is 23.4 Å². The summed E-state index contributed by atoms with van der Waals surface area (Å²) >= 11 is 0. The highest BCUT2D eigenvalue weighted by Gasteiger charge is 2.09. The molecule has 2 heteroatoms. The van der Waals surface area contributed by atoms with Gasteiger partial charge in [0, 0.05) is 6.54 Å². The summed E-state index contributed by atoms with van der Waals surface area (Å²) in [6.45, 7) is 9.60. The van der Waals surface area contributed by atoms with Crippen LogP contribution >= 0.6 is 0 Å². The Labute approximate surface area is 98.3 Å². The number of benzene rings is 1. The van der Waals surface area contributed by atoms with Gasteiger partial charge in [0.05, 0.1) is 11.3 Å². The topological polar surface area (TPSA) is 35.8 Å². The Morgan fingerprint density at radius 3 is 2.56 bits per heavy atom. The van der Waals surface area contributed by atoms with Gasteiger partial charge in [0.2, 0.25) is 0 Å². The van der Waals surface area contributed by atoms with Gasteiger partial charge in [-0.25, -0.2) is 0 Å². The van der Waals surface area contributed by atoms with Crippen LogP contribution in [-0.2, 0) is 0 Å². The van der Waals surface area contributed by atoms with E-state index in [1.54, 1.807) is 0 Å². The third-order valence-electron chi connectivity index (χ3n) is 3.13. The zero-order valence-electron chi connectivity index (χ0n) is 10.5. The predicted octanol–water partition coefficient (Wildman–Crippen LogP) is 3.57. The SMILES string of the molecule is Cc1cccc(C#N)c1NCC(C)C(C)C. The Morgan fingerprint density at radius 2 is 2.00 bits per heavy atom. The van der Waals surface area contributed by atoms with Gasteiger partial charge in [-0.2, -0.15) is 5.26 Å². The molecule has 0 aromatic heterocycles. The van der Waals surface area contributed by atoms with E-state index < -0.39 is 0 Å². The van der Waals surface area contributed by atoms with E-state index in [1.807, 2.05) is 25.1 Å². The fraction of sp³-hybridized carbons (Fsp3) is 0.500. The molecule has 0 saturated heterocycles. The molecule has 1 aromatic carbocycles. The maximum Gasteiger partial charge on any atom is 0.101 e. The first-order valence-corrected chi connectivity index (χ1v) is 5.79. The standard InChI is InChI=1S/C14H20N2/c1-10(2)12(4)9-16-14-11(3)6-5-7-13(14)8-15/h5-7,10,12,16H,9H2,1-4H3. The van der Waals surface area contributed by atoms with E-state index in [2.05, 4.69) is 32.2 Å². The number of hydrogen-bond acceptors (Lipinski definition) is 2. The Balaban J connectivity index is 2.78. The van der Waals surface area contributed by atoms with Crippen LogP contribution in [0.15, 0.2) is 18.2 Å². The molecular formula is C14H20N2. The lowest BCUT2D eigenvalue weighted by molar-refractivity contribution is 0.439. The highest BCUT2D eigenvalue weighted by Crippen LogP contribution is 2.21. The first kappa shape index (κ1) is 12.6. The Kier molecular flexibility index (Phi) is 4.37. The van der Waals surface area contributed by atoms with Crippen molar-refractivity contribution in [2.45, 2.75) is 27.7 Å². The summed E-state index contributed by atoms with van der Waals surface area (Å²) in [4.78, 5) is 0. The number of rotatable bonds is 4. The van der Waals surface area contributed by atoms with Crippen molar-refractivity contribution >= 4 is 5.69 Å². The number of anilines is 1. The number of nitrogens with zero attached hydrogens (tertiary/aromatic N) is 1. The van der Waals surface area contributed by atoms with E-state index in [-0.39, 0.29) is 0 Å². The molecule has 0 saturated carbocycles. The molecule has 1 N–H and O–H groups in total. The number of nitrogens with one attached hydrogen (secondary N) is 1. The number of aryl methyl sites for hydroxylation is 1. The van der Waals surface area contributed by atoms with Crippen molar-refractivity contribution in [3.05, 3.63) is 29.3 Å². The molecule has 1 atom stereocenters. The second kappa shape index (κ2) is 5.55. The maximum atomic E-state index is 9.03. The Morgan fingerprint density at radius 1 is 1.31 bits per heavy atom. The summed E-state index contributed by atoms with van der Waals surface area (Å²) in [5.74, 6) is 1.26. The lowest BCUT2D eigenvalue weighted by atomic mass is 9.98. The van der Waals surface area contributed by atoms with Crippen molar-refractivity contribution in [1.82, 2.24) is 0 Å². The first-order valence-electron chi connectivity index (χ1n) is 5.79. The molecule has 0 aliphatic heterocycles. The molecule has 0 radical (unpaired) electrons. The van der Waals surface area contributed by atoms with Gasteiger partial charge in [-0.3, -0.25) is 0 Å². The van der Waals surface area contributed by atoms with Crippen molar-refractivity contribution in [2.75, 3.05) is 11.9 Å². The molecular weight excluding hydrogens is 196 g/mol. The average molecular weight is 216 g/mol. The van der Waals surface area contributed by atoms with Crippen LogP contribution in [0.4, 0.5) is 5.69 Å². The maximum absolute atomic E-state index is 9.03. The van der Waals surface area contributed by atoms with Crippen molar-refractivity contribution in [1.29, 1.82) is 5.26 Å². The zero-order valence-corrected chi connectivity index (χ0v) is 10.5. The highest BCUT2D eigenvalue weighted by molar-refractivity contribution is 5.62. The third-order valence-corrected chi connectivity index (χ3v) is 3.13. The van der Waals surface area contributed by atoms with E-state index >= 15 is 0 Å². The van der Waals surface area contributed by atoms with E-state index in [0.29, 0.717) is 11.8 Å². The third kappa shape index (κ3) is 3.00. The summed E-state index contributed by atoms with van der Waals surface area (Å²) in [7, 11) is 0. The van der Waals surface area contributed by atoms with Crippen LogP contribution in [0.1, 0.15) is 31.9 Å². The van der Waals surface area contributed by atoms with Crippen LogP contribution in [0, 0.1) is 30.1 Å². The molecule has 2 nitrogen and oxygen atoms in total. The normalized spacial score (nSPS) is 12.2. The van der Waals surface area contributed by atoms with Crippen molar-refractivity contribution in [3.8, 4) is 6.07 Å². The quantitative estimate of drug-likeness (QED) is 0.835. The van der Waals surface area contributed by atoms with Gasteiger partial charge in [-0.05, 0) is 30.4 Å². The fourth-order valence-corrected chi connectivity index (χ4v) is 1.49. The lowest BCUT2D eigenvalue weighted by Gasteiger charge is -2.18. The first-order chi connectivity index (χ1) is 7.56. The van der Waals surface area contributed by atoms with Gasteiger partial charge in [0.15, 0.2) is 0 Å². The van der Waals surface area contributed by atoms with Crippen molar-refractivity contribution in [2.24, 2.45) is 11.8 Å². The Bertz CT molecular complexity index is 388. The molecule has 0 heterocycles. The highest BCUT2D eigenvalue weighted by atomic mass is 14.9. The van der Waals surface area contributed by atoms with Gasteiger partial charge in [0.25, 0.3) is 0 Å². The molecule has 86 valence electrons. The summed E-state index contributed by atoms with van der Waals surface area (Å²) in [5.41, 5.74) is 2.85. The van der Waals surface area contributed by atoms with Crippen LogP contribution < -0.4 is 5.32 Å². The van der Waals surface area contributed by atoms with Crippen LogP contribution in [0.2, 0.25) is 0 Å². The van der Waals surface area contributed by atoms with Crippen LogP contribution in [0.5, 0.6) is 0 Å². The molecule has 0 spiro atoms. The number of para-hydroxylation sites is 1. The average Bonchev–Trinajstić information content (AvgIpc) is 2.26. The van der Waals surface area contributed by atoms with E-state index in [4.69, 9.17) is 5.26 Å². The summed E-state index contributed by atoms with van der Waals surface area (Å²) in [5, 5.41) is 12.4. The van der Waals surface area contributed by atoms with Crippen LogP contribution in [0.3, 0.4) is 0 Å². The fourth-order valence-electron chi connectivity index (χ4n) is 1.49. The second-order valence-electron chi connectivity index (χ2n) is 4.71. The van der Waals surface area contributed by atoms with E-state index in [9.17, 15) is 0 Å². The number of hydrogen-bond donors (Lipinski definition) is 1. The largest absolute Gasteiger partial charge is 0.383 e. The Hall–Kier alpha value is -1.49. The summed E-state index contributed by atoms with van der Waals surface area (Å²) < 4.78 is 0. The van der Waals surface area contributed by atoms with Gasteiger partial charge in [-0.1, -0.05) is 32.9 Å². The minimum Gasteiger partial charge on any atom is -0.383 e. The van der Waals surface area contributed by atoms with Crippen molar-refractivity contribution < 1.29 is 0 Å². The lowest BCUT2D eigenvalue weighted by Crippen LogP contribution is -2.17. The van der Waals surface area contributed by atoms with Gasteiger partial charge < -0.3 is 5.32 Å². The van der Waals surface area contributed by atoms with Crippen LogP contribution in [0.25, 0.3) is 0 Å². The monoisotopic (exact) mass is 216 g/mol.